The molecule has 0 bridgehead atoms. The normalized spacial score (nSPS) is 12.0. The summed E-state index contributed by atoms with van der Waals surface area (Å²) < 4.78 is 1.85. The van der Waals surface area contributed by atoms with Gasteiger partial charge in [0, 0.05) is 19.7 Å². The Bertz CT molecular complexity index is 853. The number of hydrogen-bond donors (Lipinski definition) is 0. The van der Waals surface area contributed by atoms with Crippen molar-refractivity contribution in [2.45, 2.75) is 32.7 Å². The first-order valence-electron chi connectivity index (χ1n) is 8.96. The molecule has 0 N–H and O–H groups in total. The molecule has 134 valence electrons. The van der Waals surface area contributed by atoms with Crippen LogP contribution >= 0.6 is 0 Å². The summed E-state index contributed by atoms with van der Waals surface area (Å²) in [6.07, 6.45) is 5.00. The second kappa shape index (κ2) is 8.00. The molecule has 1 unspecified atom stereocenters. The highest BCUT2D eigenvalue weighted by Crippen LogP contribution is 2.20. The monoisotopic (exact) mass is 347 g/mol. The average molecular weight is 347 g/mol. The van der Waals surface area contributed by atoms with Crippen molar-refractivity contribution in [1.82, 2.24) is 14.7 Å². The molecule has 0 saturated heterocycles. The van der Waals surface area contributed by atoms with Gasteiger partial charge >= 0.3 is 0 Å². The molecule has 1 amide bonds. The summed E-state index contributed by atoms with van der Waals surface area (Å²) in [6, 6.07) is 18.4. The van der Waals surface area contributed by atoms with Crippen molar-refractivity contribution in [3.63, 3.8) is 0 Å². The zero-order valence-electron chi connectivity index (χ0n) is 15.6. The Morgan fingerprint density at radius 2 is 1.81 bits per heavy atom. The van der Waals surface area contributed by atoms with E-state index in [1.54, 1.807) is 0 Å². The minimum atomic E-state index is 0.0649. The summed E-state index contributed by atoms with van der Waals surface area (Å²) >= 11 is 0. The molecule has 0 fully saturated rings. The number of benzene rings is 2. The third-order valence-electron chi connectivity index (χ3n) is 4.82. The lowest BCUT2D eigenvalue weighted by molar-refractivity contribution is -0.131. The molecule has 0 aliphatic heterocycles. The van der Waals surface area contributed by atoms with Gasteiger partial charge in [0.1, 0.15) is 0 Å². The molecule has 4 heteroatoms. The lowest BCUT2D eigenvalue weighted by Gasteiger charge is -2.25. The van der Waals surface area contributed by atoms with Gasteiger partial charge in [0.05, 0.1) is 17.9 Å². The Morgan fingerprint density at radius 1 is 1.12 bits per heavy atom. The lowest BCUT2D eigenvalue weighted by Crippen LogP contribution is -2.29. The fourth-order valence-electron chi connectivity index (χ4n) is 2.92. The van der Waals surface area contributed by atoms with Crippen LogP contribution in [0, 0.1) is 6.92 Å². The zero-order valence-corrected chi connectivity index (χ0v) is 15.6. The van der Waals surface area contributed by atoms with Gasteiger partial charge in [-0.3, -0.25) is 4.79 Å². The summed E-state index contributed by atoms with van der Waals surface area (Å²) in [5.74, 6) is 0.144. The third kappa shape index (κ3) is 4.20. The van der Waals surface area contributed by atoms with E-state index in [-0.39, 0.29) is 11.9 Å². The van der Waals surface area contributed by atoms with Gasteiger partial charge in [-0.2, -0.15) is 5.10 Å². The van der Waals surface area contributed by atoms with Crippen molar-refractivity contribution in [3.8, 4) is 5.69 Å². The third-order valence-corrected chi connectivity index (χ3v) is 4.82. The summed E-state index contributed by atoms with van der Waals surface area (Å²) in [5, 5.41) is 4.39. The van der Waals surface area contributed by atoms with Crippen LogP contribution in [0.4, 0.5) is 0 Å². The van der Waals surface area contributed by atoms with E-state index in [4.69, 9.17) is 0 Å². The van der Waals surface area contributed by atoms with E-state index in [0.717, 1.165) is 16.8 Å². The van der Waals surface area contributed by atoms with Crippen LogP contribution in [0.3, 0.4) is 0 Å². The second-order valence-corrected chi connectivity index (χ2v) is 6.72. The SMILES string of the molecule is Cc1ccc(C(C)N(C)C(=O)CCc2cnn(-c3ccccc3)c2)cc1. The number of para-hydroxylation sites is 1. The maximum Gasteiger partial charge on any atom is 0.223 e. The Balaban J connectivity index is 1.58. The number of amides is 1. The predicted octanol–water partition coefficient (Wildman–Crippen LogP) is 4.33. The molecular weight excluding hydrogens is 322 g/mol. The van der Waals surface area contributed by atoms with Crippen molar-refractivity contribution >= 4 is 5.91 Å². The maximum absolute atomic E-state index is 12.6. The summed E-state index contributed by atoms with van der Waals surface area (Å²) in [4.78, 5) is 14.4. The summed E-state index contributed by atoms with van der Waals surface area (Å²) in [7, 11) is 1.88. The number of aryl methyl sites for hydroxylation is 2. The van der Waals surface area contributed by atoms with E-state index in [1.807, 2.05) is 59.4 Å². The van der Waals surface area contributed by atoms with Gasteiger partial charge in [0.15, 0.2) is 0 Å². The molecule has 0 saturated carbocycles. The molecule has 2 aromatic carbocycles. The van der Waals surface area contributed by atoms with E-state index >= 15 is 0 Å². The fraction of sp³-hybridized carbons (Fsp3) is 0.273. The van der Waals surface area contributed by atoms with Crippen molar-refractivity contribution in [3.05, 3.63) is 83.7 Å². The molecule has 3 rings (SSSR count). The molecule has 1 aromatic heterocycles. The molecule has 0 aliphatic rings. The number of carbonyl (C=O) groups is 1. The maximum atomic E-state index is 12.6. The molecular formula is C22H25N3O. The molecule has 1 heterocycles. The average Bonchev–Trinajstić information content (AvgIpc) is 3.15. The predicted molar refractivity (Wildman–Crippen MR) is 104 cm³/mol. The highest BCUT2D eigenvalue weighted by molar-refractivity contribution is 5.76. The van der Waals surface area contributed by atoms with E-state index in [0.29, 0.717) is 12.8 Å². The van der Waals surface area contributed by atoms with E-state index < -0.39 is 0 Å². The van der Waals surface area contributed by atoms with Crippen LogP contribution in [0.15, 0.2) is 67.0 Å². The van der Waals surface area contributed by atoms with Crippen molar-refractivity contribution in [2.75, 3.05) is 7.05 Å². The summed E-state index contributed by atoms with van der Waals surface area (Å²) in [5.41, 5.74) is 4.47. The van der Waals surface area contributed by atoms with Gasteiger partial charge < -0.3 is 4.90 Å². The summed E-state index contributed by atoms with van der Waals surface area (Å²) in [6.45, 7) is 4.13. The molecule has 4 nitrogen and oxygen atoms in total. The highest BCUT2D eigenvalue weighted by Gasteiger charge is 2.17. The first-order valence-corrected chi connectivity index (χ1v) is 8.96. The Morgan fingerprint density at radius 3 is 2.50 bits per heavy atom. The molecule has 0 aliphatic carbocycles. The number of nitrogens with zero attached hydrogens (tertiary/aromatic N) is 3. The van der Waals surface area contributed by atoms with Gasteiger partial charge in [-0.1, -0.05) is 48.0 Å². The Kier molecular flexibility index (Phi) is 5.52. The van der Waals surface area contributed by atoms with Crippen LogP contribution < -0.4 is 0 Å². The first kappa shape index (κ1) is 17.9. The van der Waals surface area contributed by atoms with Gasteiger partial charge in [-0.25, -0.2) is 4.68 Å². The van der Waals surface area contributed by atoms with Crippen molar-refractivity contribution in [2.24, 2.45) is 0 Å². The van der Waals surface area contributed by atoms with Gasteiger partial charge in [0.2, 0.25) is 5.91 Å². The number of rotatable bonds is 6. The molecule has 26 heavy (non-hydrogen) atoms. The number of hydrogen-bond acceptors (Lipinski definition) is 2. The van der Waals surface area contributed by atoms with Crippen molar-refractivity contribution in [1.29, 1.82) is 0 Å². The van der Waals surface area contributed by atoms with Gasteiger partial charge in [-0.05, 0) is 43.5 Å². The number of carbonyl (C=O) groups excluding carboxylic acids is 1. The van der Waals surface area contributed by atoms with Gasteiger partial charge in [-0.15, -0.1) is 0 Å². The smallest absolute Gasteiger partial charge is 0.223 e. The van der Waals surface area contributed by atoms with Crippen molar-refractivity contribution < 1.29 is 4.79 Å². The molecule has 1 atom stereocenters. The topological polar surface area (TPSA) is 38.1 Å². The molecule has 0 radical (unpaired) electrons. The Labute approximate surface area is 155 Å². The van der Waals surface area contributed by atoms with Crippen LogP contribution in [0.5, 0.6) is 0 Å². The quantitative estimate of drug-likeness (QED) is 0.665. The van der Waals surface area contributed by atoms with Crippen LogP contribution in [0.1, 0.15) is 36.1 Å². The van der Waals surface area contributed by atoms with E-state index in [1.165, 1.54) is 5.56 Å². The molecule has 3 aromatic rings. The highest BCUT2D eigenvalue weighted by atomic mass is 16.2. The van der Waals surface area contributed by atoms with Crippen LogP contribution in [-0.2, 0) is 11.2 Å². The van der Waals surface area contributed by atoms with Crippen LogP contribution in [0.25, 0.3) is 5.69 Å². The first-order chi connectivity index (χ1) is 12.5. The minimum Gasteiger partial charge on any atom is -0.339 e. The number of aromatic nitrogens is 2. The lowest BCUT2D eigenvalue weighted by atomic mass is 10.0. The minimum absolute atomic E-state index is 0.0649. The van der Waals surface area contributed by atoms with E-state index in [9.17, 15) is 4.79 Å². The zero-order chi connectivity index (χ0) is 18.5. The fourth-order valence-corrected chi connectivity index (χ4v) is 2.92. The van der Waals surface area contributed by atoms with Gasteiger partial charge in [0.25, 0.3) is 0 Å². The van der Waals surface area contributed by atoms with Crippen LogP contribution in [0.2, 0.25) is 0 Å². The standard InChI is InChI=1S/C22H25N3O/c1-17-9-12-20(13-10-17)18(2)24(3)22(26)14-11-19-15-23-25(16-19)21-7-5-4-6-8-21/h4-10,12-13,15-16,18H,11,14H2,1-3H3. The van der Waals surface area contributed by atoms with E-state index in [2.05, 4.69) is 43.2 Å². The Hall–Kier alpha value is -2.88. The second-order valence-electron chi connectivity index (χ2n) is 6.72. The molecule has 0 spiro atoms. The van der Waals surface area contributed by atoms with Crippen LogP contribution in [-0.4, -0.2) is 27.6 Å². The largest absolute Gasteiger partial charge is 0.339 e.